The van der Waals surface area contributed by atoms with E-state index in [4.69, 9.17) is 11.6 Å². The second kappa shape index (κ2) is 4.50. The highest BCUT2D eigenvalue weighted by Gasteiger charge is 2.54. The van der Waals surface area contributed by atoms with Crippen molar-refractivity contribution in [3.05, 3.63) is 70.2 Å². The lowest BCUT2D eigenvalue weighted by molar-refractivity contribution is 0.0897. The van der Waals surface area contributed by atoms with Crippen LogP contribution >= 0.6 is 11.6 Å². The molecule has 1 aliphatic heterocycles. The SMILES string of the molecule is O=C1c2ccccc2C[C@@]12N=NC[C@@H]2c1ccccc1Cl. The van der Waals surface area contributed by atoms with Crippen LogP contribution in [0.4, 0.5) is 0 Å². The van der Waals surface area contributed by atoms with Gasteiger partial charge in [0.1, 0.15) is 0 Å². The van der Waals surface area contributed by atoms with Crippen molar-refractivity contribution in [1.29, 1.82) is 0 Å². The fourth-order valence-electron chi connectivity index (χ4n) is 3.44. The van der Waals surface area contributed by atoms with Crippen LogP contribution in [0.5, 0.6) is 0 Å². The molecule has 0 saturated carbocycles. The Hall–Kier alpha value is -2.00. The highest BCUT2D eigenvalue weighted by atomic mass is 35.5. The fourth-order valence-corrected chi connectivity index (χ4v) is 3.71. The van der Waals surface area contributed by atoms with Crippen LogP contribution < -0.4 is 0 Å². The first-order valence-electron chi connectivity index (χ1n) is 6.98. The summed E-state index contributed by atoms with van der Waals surface area (Å²) in [5.74, 6) is -0.00429. The number of fused-ring (bicyclic) bond motifs is 1. The zero-order valence-electron chi connectivity index (χ0n) is 11.3. The maximum atomic E-state index is 12.9. The van der Waals surface area contributed by atoms with Crippen molar-refractivity contribution < 1.29 is 4.79 Å². The van der Waals surface area contributed by atoms with Crippen LogP contribution in [-0.4, -0.2) is 17.9 Å². The third-order valence-electron chi connectivity index (χ3n) is 4.49. The minimum absolute atomic E-state index is 0.0734. The Morgan fingerprint density at radius 2 is 1.86 bits per heavy atom. The Morgan fingerprint density at radius 3 is 2.67 bits per heavy atom. The van der Waals surface area contributed by atoms with E-state index < -0.39 is 5.54 Å². The zero-order chi connectivity index (χ0) is 14.4. The molecule has 0 radical (unpaired) electrons. The van der Waals surface area contributed by atoms with Gasteiger partial charge in [-0.05, 0) is 17.2 Å². The molecule has 0 saturated heterocycles. The maximum absolute atomic E-state index is 12.9. The summed E-state index contributed by atoms with van der Waals surface area (Å²) in [6.07, 6.45) is 0.612. The molecule has 1 heterocycles. The molecule has 2 aromatic rings. The third-order valence-corrected chi connectivity index (χ3v) is 4.83. The van der Waals surface area contributed by atoms with Gasteiger partial charge >= 0.3 is 0 Å². The average Bonchev–Trinajstić information content (AvgIpc) is 3.04. The van der Waals surface area contributed by atoms with Crippen LogP contribution in [0.15, 0.2) is 58.8 Å². The monoisotopic (exact) mass is 296 g/mol. The van der Waals surface area contributed by atoms with Gasteiger partial charge < -0.3 is 0 Å². The molecule has 0 amide bonds. The molecule has 21 heavy (non-hydrogen) atoms. The average molecular weight is 297 g/mol. The normalized spacial score (nSPS) is 26.5. The lowest BCUT2D eigenvalue weighted by Gasteiger charge is -2.26. The molecule has 0 fully saturated rings. The zero-order valence-corrected chi connectivity index (χ0v) is 12.0. The summed E-state index contributed by atoms with van der Waals surface area (Å²) in [6, 6.07) is 15.4. The van der Waals surface area contributed by atoms with E-state index in [-0.39, 0.29) is 11.7 Å². The summed E-state index contributed by atoms with van der Waals surface area (Å²) in [6.45, 7) is 0.517. The van der Waals surface area contributed by atoms with Gasteiger partial charge in [0.25, 0.3) is 0 Å². The number of azo groups is 1. The van der Waals surface area contributed by atoms with Gasteiger partial charge in [-0.25, -0.2) is 0 Å². The lowest BCUT2D eigenvalue weighted by atomic mass is 9.78. The van der Waals surface area contributed by atoms with Gasteiger partial charge in [-0.15, -0.1) is 0 Å². The number of Topliss-reactive ketones (excluding diaryl/α,β-unsaturated/α-hetero) is 1. The number of nitrogens with zero attached hydrogens (tertiary/aromatic N) is 2. The second-order valence-electron chi connectivity index (χ2n) is 5.59. The summed E-state index contributed by atoms with van der Waals surface area (Å²) >= 11 is 6.33. The van der Waals surface area contributed by atoms with Gasteiger partial charge in [0, 0.05) is 22.9 Å². The molecule has 0 N–H and O–H groups in total. The van der Waals surface area contributed by atoms with Crippen LogP contribution in [0.3, 0.4) is 0 Å². The number of hydrogen-bond acceptors (Lipinski definition) is 3. The number of carbonyl (C=O) groups excluding carboxylic acids is 1. The summed E-state index contributed by atoms with van der Waals surface area (Å²) < 4.78 is 0. The first kappa shape index (κ1) is 12.7. The third kappa shape index (κ3) is 1.70. The van der Waals surface area contributed by atoms with Gasteiger partial charge in [-0.3, -0.25) is 4.79 Å². The number of carbonyl (C=O) groups is 1. The molecule has 3 nitrogen and oxygen atoms in total. The number of ketones is 1. The molecule has 2 aromatic carbocycles. The van der Waals surface area contributed by atoms with Gasteiger partial charge in [0.2, 0.25) is 0 Å². The summed E-state index contributed by atoms with van der Waals surface area (Å²) in [7, 11) is 0. The van der Waals surface area contributed by atoms with Crippen molar-refractivity contribution in [3.8, 4) is 0 Å². The van der Waals surface area contributed by atoms with Crippen molar-refractivity contribution in [3.63, 3.8) is 0 Å². The first-order chi connectivity index (χ1) is 10.2. The molecule has 4 rings (SSSR count). The van der Waals surface area contributed by atoms with Crippen molar-refractivity contribution >= 4 is 17.4 Å². The van der Waals surface area contributed by atoms with Crippen LogP contribution in [-0.2, 0) is 6.42 Å². The molecule has 0 aromatic heterocycles. The standard InChI is InChI=1S/C17H13ClN2O/c18-15-8-4-3-7-13(15)14-10-19-20-17(14)9-11-5-1-2-6-12(11)16(17)21/h1-8,14H,9-10H2/t14-,17+/m1/s1. The van der Waals surface area contributed by atoms with Gasteiger partial charge in [-0.1, -0.05) is 54.1 Å². The topological polar surface area (TPSA) is 41.8 Å². The molecule has 0 bridgehead atoms. The predicted molar refractivity (Wildman–Crippen MR) is 81.1 cm³/mol. The molecule has 104 valence electrons. The van der Waals surface area contributed by atoms with Crippen molar-refractivity contribution in [2.45, 2.75) is 17.9 Å². The van der Waals surface area contributed by atoms with Gasteiger partial charge in [-0.2, -0.15) is 10.2 Å². The van der Waals surface area contributed by atoms with Crippen molar-refractivity contribution in [2.75, 3.05) is 6.54 Å². The smallest absolute Gasteiger partial charge is 0.193 e. The molecule has 2 aliphatic rings. The highest BCUT2D eigenvalue weighted by molar-refractivity contribution is 6.31. The second-order valence-corrected chi connectivity index (χ2v) is 5.99. The van der Waals surface area contributed by atoms with Crippen molar-refractivity contribution in [2.24, 2.45) is 10.2 Å². The predicted octanol–water partition coefficient (Wildman–Crippen LogP) is 4.07. The molecular formula is C17H13ClN2O. The van der Waals surface area contributed by atoms with Crippen LogP contribution in [0.1, 0.15) is 27.4 Å². The number of benzene rings is 2. The van der Waals surface area contributed by atoms with Gasteiger partial charge in [0.15, 0.2) is 11.3 Å². The van der Waals surface area contributed by atoms with E-state index in [9.17, 15) is 4.79 Å². The van der Waals surface area contributed by atoms with E-state index in [1.807, 2.05) is 48.5 Å². The van der Waals surface area contributed by atoms with Crippen molar-refractivity contribution in [1.82, 2.24) is 0 Å². The molecule has 0 unspecified atom stereocenters. The molecule has 1 aliphatic carbocycles. The number of halogens is 1. The van der Waals surface area contributed by atoms with E-state index in [1.165, 1.54) is 0 Å². The Labute approximate surface area is 127 Å². The Bertz CT molecular complexity index is 771. The summed E-state index contributed by atoms with van der Waals surface area (Å²) in [4.78, 5) is 12.9. The lowest BCUT2D eigenvalue weighted by Crippen LogP contribution is -2.39. The first-order valence-corrected chi connectivity index (χ1v) is 7.36. The molecule has 4 heteroatoms. The van der Waals surface area contributed by atoms with E-state index in [1.54, 1.807) is 0 Å². The minimum Gasteiger partial charge on any atom is -0.291 e. The van der Waals surface area contributed by atoms with Gasteiger partial charge in [0.05, 0.1) is 6.54 Å². The molecule has 1 spiro atoms. The van der Waals surface area contributed by atoms with E-state index >= 15 is 0 Å². The molecule has 2 atom stereocenters. The fraction of sp³-hybridized carbons (Fsp3) is 0.235. The number of rotatable bonds is 1. The van der Waals surface area contributed by atoms with E-state index in [0.717, 1.165) is 16.7 Å². The summed E-state index contributed by atoms with van der Waals surface area (Å²) in [5, 5.41) is 9.25. The largest absolute Gasteiger partial charge is 0.291 e. The molecular weight excluding hydrogens is 284 g/mol. The Balaban J connectivity index is 1.84. The summed E-state index contributed by atoms with van der Waals surface area (Å²) in [5.41, 5.74) is 2.00. The number of hydrogen-bond donors (Lipinski definition) is 0. The quantitative estimate of drug-likeness (QED) is 0.782. The Morgan fingerprint density at radius 1 is 1.10 bits per heavy atom. The van der Waals surface area contributed by atoms with Crippen LogP contribution in [0, 0.1) is 0 Å². The Kier molecular flexibility index (Phi) is 2.73. The highest BCUT2D eigenvalue weighted by Crippen LogP contribution is 2.47. The van der Waals surface area contributed by atoms with E-state index in [2.05, 4.69) is 10.2 Å². The minimum atomic E-state index is -0.797. The maximum Gasteiger partial charge on any atom is 0.193 e. The van der Waals surface area contributed by atoms with Crippen LogP contribution in [0.25, 0.3) is 0 Å². The van der Waals surface area contributed by atoms with E-state index in [0.29, 0.717) is 18.0 Å². The van der Waals surface area contributed by atoms with Crippen LogP contribution in [0.2, 0.25) is 5.02 Å².